The third-order valence-corrected chi connectivity index (χ3v) is 3.98. The van der Waals surface area contributed by atoms with Crippen LogP contribution in [0.4, 0.5) is 0 Å². The molecule has 1 aromatic carbocycles. The zero-order chi connectivity index (χ0) is 12.1. The number of nitrogens with one attached hydrogen (secondary N) is 1. The van der Waals surface area contributed by atoms with Crippen LogP contribution in [-0.2, 0) is 11.3 Å². The molecule has 0 unspecified atom stereocenters. The maximum atomic E-state index is 5.89. The van der Waals surface area contributed by atoms with Crippen molar-refractivity contribution in [2.45, 2.75) is 44.9 Å². The summed E-state index contributed by atoms with van der Waals surface area (Å²) in [5.41, 5.74) is 1.23. The summed E-state index contributed by atoms with van der Waals surface area (Å²) in [5, 5.41) is 3.52. The van der Waals surface area contributed by atoms with Gasteiger partial charge < -0.3 is 10.1 Å². The molecule has 0 spiro atoms. The summed E-state index contributed by atoms with van der Waals surface area (Å²) in [5.74, 6) is 0. The number of halogens is 1. The third kappa shape index (κ3) is 3.80. The van der Waals surface area contributed by atoms with Crippen molar-refractivity contribution >= 4 is 15.9 Å². The van der Waals surface area contributed by atoms with Crippen LogP contribution in [0.25, 0.3) is 0 Å². The zero-order valence-electron chi connectivity index (χ0n) is 10.3. The molecule has 0 bridgehead atoms. The van der Waals surface area contributed by atoms with Crippen molar-refractivity contribution in [3.63, 3.8) is 0 Å². The molecule has 1 fully saturated rings. The monoisotopic (exact) mass is 297 g/mol. The highest BCUT2D eigenvalue weighted by Crippen LogP contribution is 2.25. The molecule has 0 amide bonds. The first-order chi connectivity index (χ1) is 8.29. The fraction of sp³-hybridized carbons (Fsp3) is 0.571. The highest BCUT2D eigenvalue weighted by molar-refractivity contribution is 9.10. The summed E-state index contributed by atoms with van der Waals surface area (Å²) in [6.07, 6.45) is 3.96. The first-order valence-corrected chi connectivity index (χ1v) is 7.17. The predicted molar refractivity (Wildman–Crippen MR) is 74.0 cm³/mol. The van der Waals surface area contributed by atoms with Gasteiger partial charge in [-0.15, -0.1) is 0 Å². The van der Waals surface area contributed by atoms with Gasteiger partial charge in [-0.2, -0.15) is 0 Å². The molecule has 3 heteroatoms. The largest absolute Gasteiger partial charge is 0.373 e. The van der Waals surface area contributed by atoms with Crippen LogP contribution in [0.3, 0.4) is 0 Å². The number of ether oxygens (including phenoxy) is 1. The summed E-state index contributed by atoms with van der Waals surface area (Å²) in [6.45, 7) is 4.04. The van der Waals surface area contributed by atoms with E-state index in [1.54, 1.807) is 0 Å². The Morgan fingerprint density at radius 3 is 2.82 bits per heavy atom. The van der Waals surface area contributed by atoms with Crippen molar-refractivity contribution in [2.24, 2.45) is 0 Å². The second-order valence-electron chi connectivity index (χ2n) is 4.65. The van der Waals surface area contributed by atoms with E-state index >= 15 is 0 Å². The molecule has 1 aromatic rings. The van der Waals surface area contributed by atoms with E-state index < -0.39 is 0 Å². The Balaban J connectivity index is 1.66. The summed E-state index contributed by atoms with van der Waals surface area (Å²) >= 11 is 3.54. The van der Waals surface area contributed by atoms with E-state index in [-0.39, 0.29) is 0 Å². The van der Waals surface area contributed by atoms with E-state index in [1.165, 1.54) is 12.0 Å². The van der Waals surface area contributed by atoms with E-state index in [0.717, 1.165) is 23.9 Å². The van der Waals surface area contributed by atoms with Gasteiger partial charge in [0.2, 0.25) is 0 Å². The van der Waals surface area contributed by atoms with E-state index in [0.29, 0.717) is 18.8 Å². The van der Waals surface area contributed by atoms with Gasteiger partial charge in [0.15, 0.2) is 0 Å². The van der Waals surface area contributed by atoms with Gasteiger partial charge in [-0.1, -0.05) is 41.1 Å². The normalized spacial score (nSPS) is 23.4. The maximum absolute atomic E-state index is 5.89. The molecule has 0 aliphatic heterocycles. The molecule has 94 valence electrons. The summed E-state index contributed by atoms with van der Waals surface area (Å²) < 4.78 is 7.02. The van der Waals surface area contributed by atoms with E-state index in [1.807, 2.05) is 6.07 Å². The smallest absolute Gasteiger partial charge is 0.0731 e. The van der Waals surface area contributed by atoms with Crippen molar-refractivity contribution in [3.8, 4) is 0 Å². The minimum Gasteiger partial charge on any atom is -0.373 e. The van der Waals surface area contributed by atoms with Gasteiger partial charge in [0, 0.05) is 10.5 Å². The first kappa shape index (κ1) is 13.1. The Hall–Kier alpha value is -0.380. The quantitative estimate of drug-likeness (QED) is 0.868. The Morgan fingerprint density at radius 1 is 1.35 bits per heavy atom. The molecule has 0 heterocycles. The predicted octanol–water partition coefficient (Wildman–Crippen LogP) is 3.50. The number of hydrogen-bond donors (Lipinski definition) is 1. The van der Waals surface area contributed by atoms with Crippen LogP contribution in [0, 0.1) is 0 Å². The highest BCUT2D eigenvalue weighted by atomic mass is 79.9. The maximum Gasteiger partial charge on any atom is 0.0731 e. The average Bonchev–Trinajstić information content (AvgIpc) is 2.28. The molecule has 1 saturated carbocycles. The second-order valence-corrected chi connectivity index (χ2v) is 5.50. The molecular formula is C14H20BrNO. The van der Waals surface area contributed by atoms with Gasteiger partial charge >= 0.3 is 0 Å². The van der Waals surface area contributed by atoms with Crippen LogP contribution < -0.4 is 5.32 Å². The van der Waals surface area contributed by atoms with Gasteiger partial charge in [0.05, 0.1) is 12.7 Å². The van der Waals surface area contributed by atoms with Gasteiger partial charge in [0.25, 0.3) is 0 Å². The molecule has 1 aliphatic carbocycles. The van der Waals surface area contributed by atoms with Crippen LogP contribution in [0.15, 0.2) is 28.7 Å². The lowest BCUT2D eigenvalue weighted by molar-refractivity contribution is -0.0266. The van der Waals surface area contributed by atoms with Crippen molar-refractivity contribution in [1.82, 2.24) is 5.32 Å². The van der Waals surface area contributed by atoms with Gasteiger partial charge in [0.1, 0.15) is 0 Å². The van der Waals surface area contributed by atoms with Crippen LogP contribution in [0.2, 0.25) is 0 Å². The summed E-state index contributed by atoms with van der Waals surface area (Å²) in [6, 6.07) is 8.93. The lowest BCUT2D eigenvalue weighted by Crippen LogP contribution is -2.45. The number of benzene rings is 1. The van der Waals surface area contributed by atoms with Gasteiger partial charge in [-0.05, 0) is 37.4 Å². The third-order valence-electron chi connectivity index (χ3n) is 3.21. The zero-order valence-corrected chi connectivity index (χ0v) is 11.9. The molecule has 17 heavy (non-hydrogen) atoms. The standard InChI is InChI=1S/C14H20BrNO/c1-2-7-16-12-8-13(9-12)17-10-11-5-3-4-6-14(11)15/h3-6,12-13,16H,2,7-10H2,1H3. The molecule has 0 saturated heterocycles. The lowest BCUT2D eigenvalue weighted by atomic mass is 9.89. The molecule has 0 radical (unpaired) electrons. The molecular weight excluding hydrogens is 278 g/mol. The van der Waals surface area contributed by atoms with Crippen molar-refractivity contribution < 1.29 is 4.74 Å². The SMILES string of the molecule is CCCNC1CC(OCc2ccccc2Br)C1. The Kier molecular flexibility index (Phi) is 5.01. The van der Waals surface area contributed by atoms with E-state index in [4.69, 9.17) is 4.74 Å². The molecule has 1 aliphatic rings. The van der Waals surface area contributed by atoms with Crippen LogP contribution >= 0.6 is 15.9 Å². The van der Waals surface area contributed by atoms with E-state index in [2.05, 4.69) is 46.4 Å². The minimum atomic E-state index is 0.441. The first-order valence-electron chi connectivity index (χ1n) is 6.38. The fourth-order valence-electron chi connectivity index (χ4n) is 2.04. The average molecular weight is 298 g/mol. The summed E-state index contributed by atoms with van der Waals surface area (Å²) in [7, 11) is 0. The number of rotatable bonds is 6. The molecule has 2 rings (SSSR count). The lowest BCUT2D eigenvalue weighted by Gasteiger charge is -2.35. The summed E-state index contributed by atoms with van der Waals surface area (Å²) in [4.78, 5) is 0. The van der Waals surface area contributed by atoms with E-state index in [9.17, 15) is 0 Å². The van der Waals surface area contributed by atoms with Crippen LogP contribution in [-0.4, -0.2) is 18.7 Å². The van der Waals surface area contributed by atoms with Crippen LogP contribution in [0.1, 0.15) is 31.7 Å². The molecule has 0 atom stereocenters. The van der Waals surface area contributed by atoms with Crippen LogP contribution in [0.5, 0.6) is 0 Å². The Morgan fingerprint density at radius 2 is 2.12 bits per heavy atom. The fourth-order valence-corrected chi connectivity index (χ4v) is 2.44. The van der Waals surface area contributed by atoms with Gasteiger partial charge in [-0.3, -0.25) is 0 Å². The molecule has 1 N–H and O–H groups in total. The molecule has 0 aromatic heterocycles. The second kappa shape index (κ2) is 6.53. The van der Waals surface area contributed by atoms with Gasteiger partial charge in [-0.25, -0.2) is 0 Å². The minimum absolute atomic E-state index is 0.441. The Labute approximate surface area is 112 Å². The van der Waals surface area contributed by atoms with Crippen molar-refractivity contribution in [1.29, 1.82) is 0 Å². The highest BCUT2D eigenvalue weighted by Gasteiger charge is 2.29. The number of hydrogen-bond acceptors (Lipinski definition) is 2. The van der Waals surface area contributed by atoms with Crippen molar-refractivity contribution in [2.75, 3.05) is 6.54 Å². The van der Waals surface area contributed by atoms with Crippen molar-refractivity contribution in [3.05, 3.63) is 34.3 Å². The Bertz CT molecular complexity index is 350. The molecule has 2 nitrogen and oxygen atoms in total. The topological polar surface area (TPSA) is 21.3 Å².